The Kier molecular flexibility index (Phi) is 4.20. The van der Waals surface area contributed by atoms with Gasteiger partial charge in [0, 0.05) is 54.1 Å². The Morgan fingerprint density at radius 1 is 1.35 bits per heavy atom. The summed E-state index contributed by atoms with van der Waals surface area (Å²) in [6.07, 6.45) is 2.43. The molecule has 2 aromatic heterocycles. The Bertz CT molecular complexity index is 977. The summed E-state index contributed by atoms with van der Waals surface area (Å²) in [5.41, 5.74) is 6.16. The van der Waals surface area contributed by atoms with Crippen LogP contribution in [0.3, 0.4) is 0 Å². The van der Waals surface area contributed by atoms with Crippen LogP contribution in [0.25, 0.3) is 5.65 Å². The summed E-state index contributed by atoms with van der Waals surface area (Å²) < 4.78 is 1.90. The number of fused-ring (bicyclic) bond motifs is 2. The zero-order chi connectivity index (χ0) is 18.3. The van der Waals surface area contributed by atoms with Gasteiger partial charge in [0.05, 0.1) is 5.69 Å². The van der Waals surface area contributed by atoms with Crippen LogP contribution in [0.5, 0.6) is 0 Å². The molecule has 3 heterocycles. The SMILES string of the molecule is Cc1cc2ncc([C@@H](C)NC[C@H]3CC(=O)Nc4ccccc43)c(C)n2n1. The monoisotopic (exact) mass is 349 g/mol. The van der Waals surface area contributed by atoms with Crippen molar-refractivity contribution in [1.82, 2.24) is 19.9 Å². The molecule has 134 valence electrons. The van der Waals surface area contributed by atoms with Crippen molar-refractivity contribution in [3.8, 4) is 0 Å². The summed E-state index contributed by atoms with van der Waals surface area (Å²) in [6, 6.07) is 10.1. The van der Waals surface area contributed by atoms with Crippen LogP contribution in [0.4, 0.5) is 5.69 Å². The molecule has 4 rings (SSSR count). The summed E-state index contributed by atoms with van der Waals surface area (Å²) in [6.45, 7) is 6.90. The molecule has 0 spiro atoms. The van der Waals surface area contributed by atoms with Crippen molar-refractivity contribution in [1.29, 1.82) is 0 Å². The first-order valence-corrected chi connectivity index (χ1v) is 8.97. The standard InChI is InChI=1S/C20H23N5O/c1-12-8-19-22-11-17(14(3)25(19)24-12)13(2)21-10-15-9-20(26)23-18-7-5-4-6-16(15)18/h4-8,11,13,15,21H,9-10H2,1-3H3,(H,23,26)/t13-,15-/m1/s1. The maximum atomic E-state index is 12.0. The average Bonchev–Trinajstić information content (AvgIpc) is 3.01. The molecule has 0 radical (unpaired) electrons. The van der Waals surface area contributed by atoms with Crippen LogP contribution in [0.15, 0.2) is 36.5 Å². The Morgan fingerprint density at radius 2 is 2.15 bits per heavy atom. The lowest BCUT2D eigenvalue weighted by atomic mass is 9.90. The maximum Gasteiger partial charge on any atom is 0.225 e. The second-order valence-electron chi connectivity index (χ2n) is 7.02. The van der Waals surface area contributed by atoms with Crippen molar-refractivity contribution >= 4 is 17.2 Å². The van der Waals surface area contributed by atoms with E-state index in [1.165, 1.54) is 5.56 Å². The minimum absolute atomic E-state index is 0.0782. The number of aromatic nitrogens is 3. The molecule has 1 amide bonds. The molecule has 0 bridgehead atoms. The van der Waals surface area contributed by atoms with Crippen molar-refractivity contribution in [2.45, 2.75) is 39.2 Å². The predicted molar refractivity (Wildman–Crippen MR) is 101 cm³/mol. The highest BCUT2D eigenvalue weighted by Gasteiger charge is 2.25. The lowest BCUT2D eigenvalue weighted by molar-refractivity contribution is -0.116. The van der Waals surface area contributed by atoms with Gasteiger partial charge in [-0.15, -0.1) is 0 Å². The van der Waals surface area contributed by atoms with Gasteiger partial charge in [0.2, 0.25) is 5.91 Å². The zero-order valence-electron chi connectivity index (χ0n) is 15.3. The van der Waals surface area contributed by atoms with Crippen molar-refractivity contribution in [2.24, 2.45) is 0 Å². The van der Waals surface area contributed by atoms with Crippen molar-refractivity contribution in [3.05, 3.63) is 59.0 Å². The summed E-state index contributed by atoms with van der Waals surface area (Å²) in [5.74, 6) is 0.251. The molecule has 1 aliphatic heterocycles. The molecule has 1 aromatic carbocycles. The van der Waals surface area contributed by atoms with Crippen molar-refractivity contribution in [2.75, 3.05) is 11.9 Å². The van der Waals surface area contributed by atoms with E-state index in [0.717, 1.165) is 34.8 Å². The molecule has 2 N–H and O–H groups in total. The minimum Gasteiger partial charge on any atom is -0.326 e. The third kappa shape index (κ3) is 2.97. The van der Waals surface area contributed by atoms with Gasteiger partial charge in [-0.1, -0.05) is 18.2 Å². The van der Waals surface area contributed by atoms with E-state index in [0.29, 0.717) is 6.42 Å². The number of hydrogen-bond donors (Lipinski definition) is 2. The van der Waals surface area contributed by atoms with Crippen molar-refractivity contribution < 1.29 is 4.79 Å². The molecule has 6 heteroatoms. The average molecular weight is 349 g/mol. The number of para-hydroxylation sites is 1. The molecule has 3 aromatic rings. The Morgan fingerprint density at radius 3 is 3.00 bits per heavy atom. The molecule has 0 unspecified atom stereocenters. The molecule has 1 aliphatic rings. The fourth-order valence-electron chi connectivity index (χ4n) is 3.71. The van der Waals surface area contributed by atoms with Gasteiger partial charge in [-0.2, -0.15) is 5.10 Å². The van der Waals surface area contributed by atoms with E-state index < -0.39 is 0 Å². The Balaban J connectivity index is 1.53. The van der Waals surface area contributed by atoms with E-state index in [-0.39, 0.29) is 17.9 Å². The third-order valence-electron chi connectivity index (χ3n) is 5.13. The molecule has 0 saturated carbocycles. The summed E-state index contributed by atoms with van der Waals surface area (Å²) in [4.78, 5) is 16.5. The van der Waals surface area contributed by atoms with Gasteiger partial charge in [-0.25, -0.2) is 9.50 Å². The van der Waals surface area contributed by atoms with Crippen molar-refractivity contribution in [3.63, 3.8) is 0 Å². The number of rotatable bonds is 4. The van der Waals surface area contributed by atoms with Gasteiger partial charge in [-0.05, 0) is 32.4 Å². The predicted octanol–water partition coefficient (Wildman–Crippen LogP) is 3.12. The molecule has 26 heavy (non-hydrogen) atoms. The summed E-state index contributed by atoms with van der Waals surface area (Å²) >= 11 is 0. The molecular formula is C20H23N5O. The summed E-state index contributed by atoms with van der Waals surface area (Å²) in [5, 5.41) is 11.1. The van der Waals surface area contributed by atoms with Crippen LogP contribution in [0, 0.1) is 13.8 Å². The fourth-order valence-corrected chi connectivity index (χ4v) is 3.71. The van der Waals surface area contributed by atoms with E-state index in [2.05, 4.69) is 40.6 Å². The first kappa shape index (κ1) is 16.7. The van der Waals surface area contributed by atoms with E-state index >= 15 is 0 Å². The molecule has 0 saturated heterocycles. The summed E-state index contributed by atoms with van der Waals surface area (Å²) in [7, 11) is 0. The van der Waals surface area contributed by atoms with E-state index in [1.54, 1.807) is 0 Å². The highest BCUT2D eigenvalue weighted by Crippen LogP contribution is 2.32. The smallest absolute Gasteiger partial charge is 0.225 e. The molecule has 0 fully saturated rings. The maximum absolute atomic E-state index is 12.0. The zero-order valence-corrected chi connectivity index (χ0v) is 15.3. The Labute approximate surface area is 152 Å². The van der Waals surface area contributed by atoms with Gasteiger partial charge in [0.15, 0.2) is 5.65 Å². The normalized spacial score (nSPS) is 17.8. The Hall–Kier alpha value is -2.73. The topological polar surface area (TPSA) is 71.3 Å². The number of aryl methyl sites for hydroxylation is 2. The number of nitrogens with one attached hydrogen (secondary N) is 2. The van der Waals surface area contributed by atoms with Gasteiger partial charge in [-0.3, -0.25) is 4.79 Å². The molecule has 6 nitrogen and oxygen atoms in total. The molecule has 0 aliphatic carbocycles. The number of carbonyl (C=O) groups excluding carboxylic acids is 1. The largest absolute Gasteiger partial charge is 0.326 e. The van der Waals surface area contributed by atoms with E-state index in [1.807, 2.05) is 41.9 Å². The van der Waals surface area contributed by atoms with Gasteiger partial charge >= 0.3 is 0 Å². The number of amides is 1. The van der Waals surface area contributed by atoms with Crippen LogP contribution >= 0.6 is 0 Å². The molecule has 2 atom stereocenters. The van der Waals surface area contributed by atoms with Gasteiger partial charge < -0.3 is 10.6 Å². The lowest BCUT2D eigenvalue weighted by Gasteiger charge is -2.27. The fraction of sp³-hybridized carbons (Fsp3) is 0.350. The van der Waals surface area contributed by atoms with Crippen LogP contribution in [-0.4, -0.2) is 27.0 Å². The molecular weight excluding hydrogens is 326 g/mol. The number of carbonyl (C=O) groups is 1. The minimum atomic E-state index is 0.0782. The highest BCUT2D eigenvalue weighted by molar-refractivity contribution is 5.94. The third-order valence-corrected chi connectivity index (χ3v) is 5.13. The second kappa shape index (κ2) is 6.53. The van der Waals surface area contributed by atoms with E-state index in [9.17, 15) is 4.79 Å². The number of nitrogens with zero attached hydrogens (tertiary/aromatic N) is 3. The first-order chi connectivity index (χ1) is 12.5. The van der Waals surface area contributed by atoms with Crippen LogP contribution in [0.1, 0.15) is 47.8 Å². The highest BCUT2D eigenvalue weighted by atomic mass is 16.1. The number of hydrogen-bond acceptors (Lipinski definition) is 4. The number of benzene rings is 1. The first-order valence-electron chi connectivity index (χ1n) is 8.97. The van der Waals surface area contributed by atoms with E-state index in [4.69, 9.17) is 0 Å². The van der Waals surface area contributed by atoms with Gasteiger partial charge in [0.25, 0.3) is 0 Å². The van der Waals surface area contributed by atoms with Crippen LogP contribution in [-0.2, 0) is 4.79 Å². The lowest BCUT2D eigenvalue weighted by Crippen LogP contribution is -2.31. The van der Waals surface area contributed by atoms with Gasteiger partial charge in [0.1, 0.15) is 0 Å². The van der Waals surface area contributed by atoms with Crippen LogP contribution < -0.4 is 10.6 Å². The quantitative estimate of drug-likeness (QED) is 0.759. The second-order valence-corrected chi connectivity index (χ2v) is 7.02. The number of anilines is 1. The van der Waals surface area contributed by atoms with Crippen LogP contribution in [0.2, 0.25) is 0 Å².